The summed E-state index contributed by atoms with van der Waals surface area (Å²) in [6.07, 6.45) is 1.72. The number of hydrogen-bond donors (Lipinski definition) is 0. The highest BCUT2D eigenvalue weighted by Crippen LogP contribution is 2.39. The molecule has 3 unspecified atom stereocenters. The Morgan fingerprint density at radius 1 is 1.14 bits per heavy atom. The Labute approximate surface area is 179 Å². The number of halogens is 1. The molecule has 1 aliphatic rings. The lowest BCUT2D eigenvalue weighted by Crippen LogP contribution is -2.31. The number of carbonyl (C=O) groups excluding carboxylic acids is 2. The molecule has 0 aromatic heterocycles. The first-order valence-electron chi connectivity index (χ1n) is 8.98. The number of nitrogens with zero attached hydrogens (tertiary/aromatic N) is 1. The van der Waals surface area contributed by atoms with Gasteiger partial charge in [-0.2, -0.15) is 0 Å². The normalized spacial score (nSPS) is 15.9. The highest BCUT2D eigenvalue weighted by atomic mass is 35.5. The molecule has 2 aromatic rings. The number of rotatable bonds is 5. The van der Waals surface area contributed by atoms with Crippen molar-refractivity contribution in [1.82, 2.24) is 4.90 Å². The van der Waals surface area contributed by atoms with Gasteiger partial charge in [-0.25, -0.2) is 4.79 Å². The van der Waals surface area contributed by atoms with Gasteiger partial charge < -0.3 is 18.7 Å². The molecule has 0 spiro atoms. The van der Waals surface area contributed by atoms with E-state index in [2.05, 4.69) is 18.9 Å². The molecule has 3 atom stereocenters. The number of methoxy groups -OCH3 is 1. The van der Waals surface area contributed by atoms with Gasteiger partial charge in [0.25, 0.3) is 5.91 Å². The maximum Gasteiger partial charge on any atom is 0.337 e. The molecule has 1 saturated heterocycles. The molecule has 29 heavy (non-hydrogen) atoms. The van der Waals surface area contributed by atoms with Crippen molar-refractivity contribution < 1.29 is 23.4 Å². The summed E-state index contributed by atoms with van der Waals surface area (Å²) >= 11 is 6.23. The summed E-state index contributed by atoms with van der Waals surface area (Å²) in [5.41, 5.74) is 2.80. The topological polar surface area (TPSA) is 65.1 Å². The number of amides is 1. The van der Waals surface area contributed by atoms with Crippen molar-refractivity contribution in [3.63, 3.8) is 0 Å². The zero-order chi connectivity index (χ0) is 21.1. The van der Waals surface area contributed by atoms with Crippen LogP contribution >= 0.6 is 30.5 Å². The zero-order valence-corrected chi connectivity index (χ0v) is 19.2. The van der Waals surface area contributed by atoms with E-state index < -0.39 is 0 Å². The third-order valence-corrected chi connectivity index (χ3v) is 5.89. The van der Waals surface area contributed by atoms with E-state index in [-0.39, 0.29) is 17.9 Å². The molecule has 2 aromatic carbocycles. The predicted octanol–water partition coefficient (Wildman–Crippen LogP) is 4.75. The number of likely N-dealkylation sites (tertiary alicyclic amines) is 1. The van der Waals surface area contributed by atoms with E-state index in [9.17, 15) is 9.59 Å². The van der Waals surface area contributed by atoms with Gasteiger partial charge in [0.1, 0.15) is 11.5 Å². The van der Waals surface area contributed by atoms with Gasteiger partial charge in [0.2, 0.25) is 0 Å². The van der Waals surface area contributed by atoms with Crippen molar-refractivity contribution in [2.75, 3.05) is 13.7 Å². The molecule has 154 valence electrons. The Bertz CT molecular complexity index is 953. The van der Waals surface area contributed by atoms with E-state index in [1.54, 1.807) is 24.3 Å². The summed E-state index contributed by atoms with van der Waals surface area (Å²) < 4.78 is 15.2. The van der Waals surface area contributed by atoms with Crippen LogP contribution in [0.2, 0.25) is 5.02 Å². The Kier molecular flexibility index (Phi) is 7.00. The molecule has 3 rings (SSSR count). The minimum atomic E-state index is -0.382. The first-order valence-corrected chi connectivity index (χ1v) is 10.3. The maximum absolute atomic E-state index is 13.4. The number of benzene rings is 2. The molecule has 0 radical (unpaired) electrons. The average Bonchev–Trinajstić information content (AvgIpc) is 3.21. The predicted molar refractivity (Wildman–Crippen MR) is 118 cm³/mol. The van der Waals surface area contributed by atoms with Crippen LogP contribution in [0.3, 0.4) is 0 Å². The summed E-state index contributed by atoms with van der Waals surface area (Å²) in [4.78, 5) is 27.0. The molecule has 6 nitrogen and oxygen atoms in total. The SMILES string of the molecule is COC(=O)c1ccc(C2CCCN2C(=O)c2cc(Cl)c(OP)cc2OP)c(C)c1. The van der Waals surface area contributed by atoms with Crippen LogP contribution in [-0.4, -0.2) is 30.4 Å². The lowest BCUT2D eigenvalue weighted by Gasteiger charge is -2.27. The molecular weight excluding hydrogens is 432 g/mol. The van der Waals surface area contributed by atoms with Crippen LogP contribution in [-0.2, 0) is 4.74 Å². The van der Waals surface area contributed by atoms with Gasteiger partial charge in [-0.3, -0.25) is 4.79 Å². The van der Waals surface area contributed by atoms with E-state index in [4.69, 9.17) is 25.4 Å². The van der Waals surface area contributed by atoms with Crippen molar-refractivity contribution in [3.05, 3.63) is 57.6 Å². The van der Waals surface area contributed by atoms with Crippen LogP contribution < -0.4 is 9.05 Å². The molecule has 1 amide bonds. The second kappa shape index (κ2) is 9.30. The lowest BCUT2D eigenvalue weighted by molar-refractivity contribution is 0.0599. The summed E-state index contributed by atoms with van der Waals surface area (Å²) in [5.74, 6) is 0.217. The first-order chi connectivity index (χ1) is 13.9. The number of aryl methyl sites for hydroxylation is 1. The number of hydrogen-bond acceptors (Lipinski definition) is 5. The molecule has 0 aliphatic carbocycles. The number of esters is 1. The molecule has 1 heterocycles. The standard InChI is InChI=1S/C20H22ClNO5P2/c1-11-8-12(20(24)25-2)5-6-13(11)16-4-3-7-22(16)19(23)14-9-15(21)18(27-29)10-17(14)26-28/h5-6,8-10,16H,3-4,7,28-29H2,1-2H3. The van der Waals surface area contributed by atoms with E-state index in [1.165, 1.54) is 7.11 Å². The van der Waals surface area contributed by atoms with Crippen molar-refractivity contribution in [2.24, 2.45) is 0 Å². The molecule has 0 N–H and O–H groups in total. The van der Waals surface area contributed by atoms with E-state index >= 15 is 0 Å². The van der Waals surface area contributed by atoms with Gasteiger partial charge in [-0.1, -0.05) is 17.7 Å². The van der Waals surface area contributed by atoms with Crippen LogP contribution in [0.25, 0.3) is 0 Å². The van der Waals surface area contributed by atoms with Crippen molar-refractivity contribution >= 4 is 42.4 Å². The molecule has 1 fully saturated rings. The minimum absolute atomic E-state index is 0.0945. The van der Waals surface area contributed by atoms with Crippen LogP contribution in [0.4, 0.5) is 0 Å². The Morgan fingerprint density at radius 3 is 2.48 bits per heavy atom. The van der Waals surface area contributed by atoms with E-state index in [0.717, 1.165) is 24.0 Å². The highest BCUT2D eigenvalue weighted by molar-refractivity contribution is 7.10. The largest absolute Gasteiger partial charge is 0.479 e. The van der Waals surface area contributed by atoms with Gasteiger partial charge in [0, 0.05) is 12.6 Å². The smallest absolute Gasteiger partial charge is 0.337 e. The van der Waals surface area contributed by atoms with Crippen LogP contribution in [0.5, 0.6) is 11.5 Å². The Balaban J connectivity index is 1.95. The van der Waals surface area contributed by atoms with Crippen molar-refractivity contribution in [1.29, 1.82) is 0 Å². The molecular formula is C20H22ClNO5P2. The lowest BCUT2D eigenvalue weighted by atomic mass is 9.96. The van der Waals surface area contributed by atoms with Crippen molar-refractivity contribution in [3.8, 4) is 11.5 Å². The fraction of sp³-hybridized carbons (Fsp3) is 0.300. The highest BCUT2D eigenvalue weighted by Gasteiger charge is 2.33. The van der Waals surface area contributed by atoms with Gasteiger partial charge in [0.05, 0.1) is 48.2 Å². The summed E-state index contributed by atoms with van der Waals surface area (Å²) in [5, 5.41) is 0.323. The molecule has 0 bridgehead atoms. The first kappa shape index (κ1) is 21.8. The molecule has 0 saturated carbocycles. The Morgan fingerprint density at radius 2 is 1.86 bits per heavy atom. The maximum atomic E-state index is 13.4. The van der Waals surface area contributed by atoms with Crippen molar-refractivity contribution in [2.45, 2.75) is 25.8 Å². The fourth-order valence-electron chi connectivity index (χ4n) is 3.67. The summed E-state index contributed by atoms with van der Waals surface area (Å²) in [6.45, 7) is 2.55. The summed E-state index contributed by atoms with van der Waals surface area (Å²) in [7, 11) is 5.63. The molecule has 1 aliphatic heterocycles. The number of carbonyl (C=O) groups is 2. The summed E-state index contributed by atoms with van der Waals surface area (Å²) in [6, 6.07) is 8.46. The zero-order valence-electron chi connectivity index (χ0n) is 16.1. The third kappa shape index (κ3) is 4.35. The van der Waals surface area contributed by atoms with Gasteiger partial charge in [-0.05, 0) is 49.1 Å². The van der Waals surface area contributed by atoms with E-state index in [1.807, 2.05) is 17.9 Å². The van der Waals surface area contributed by atoms with Crippen LogP contribution in [0.1, 0.15) is 50.7 Å². The van der Waals surface area contributed by atoms with Gasteiger partial charge in [-0.15, -0.1) is 0 Å². The Hall–Kier alpha value is -1.87. The monoisotopic (exact) mass is 453 g/mol. The van der Waals surface area contributed by atoms with Gasteiger partial charge in [0.15, 0.2) is 0 Å². The second-order valence-electron chi connectivity index (χ2n) is 6.73. The quantitative estimate of drug-likeness (QED) is 0.483. The second-order valence-corrected chi connectivity index (χ2v) is 7.61. The number of ether oxygens (including phenoxy) is 1. The fourth-order valence-corrected chi connectivity index (χ4v) is 4.34. The minimum Gasteiger partial charge on any atom is -0.479 e. The van der Waals surface area contributed by atoms with Crippen LogP contribution in [0.15, 0.2) is 30.3 Å². The van der Waals surface area contributed by atoms with Crippen LogP contribution in [0, 0.1) is 6.92 Å². The third-order valence-electron chi connectivity index (χ3n) is 5.08. The van der Waals surface area contributed by atoms with Gasteiger partial charge >= 0.3 is 5.97 Å². The molecule has 9 heteroatoms. The average molecular weight is 454 g/mol. The van der Waals surface area contributed by atoms with E-state index in [0.29, 0.717) is 34.2 Å².